The molecule has 0 heterocycles. The molecular weight excluding hydrogens is 344 g/mol. The van der Waals surface area contributed by atoms with Crippen LogP contribution in [0.25, 0.3) is 0 Å². The predicted octanol–water partition coefficient (Wildman–Crippen LogP) is 5.59. The summed E-state index contributed by atoms with van der Waals surface area (Å²) in [6.45, 7) is 3.12. The van der Waals surface area contributed by atoms with E-state index in [1.807, 2.05) is 0 Å². The largest absolute Gasteiger partial charge is 0.469 e. The van der Waals surface area contributed by atoms with Crippen molar-refractivity contribution in [1.82, 2.24) is 0 Å². The van der Waals surface area contributed by atoms with Crippen molar-refractivity contribution in [2.75, 3.05) is 26.9 Å². The smallest absolute Gasteiger partial charge is 0.307 e. The maximum Gasteiger partial charge on any atom is 0.307 e. The van der Waals surface area contributed by atoms with Gasteiger partial charge in [-0.2, -0.15) is 0 Å². The zero-order chi connectivity index (χ0) is 20.0. The predicted molar refractivity (Wildman–Crippen MR) is 109 cm³/mol. The Morgan fingerprint density at radius 1 is 0.593 bits per heavy atom. The minimum absolute atomic E-state index is 0.158. The van der Waals surface area contributed by atoms with Crippen LogP contribution in [0.3, 0.4) is 0 Å². The van der Waals surface area contributed by atoms with Crippen molar-refractivity contribution in [3.05, 3.63) is 0 Å². The third-order valence-corrected chi connectivity index (χ3v) is 4.65. The minimum atomic E-state index is -0.297. The standard InChI is InChI=1S/C22H42O5/c1-3-4-5-6-7-8-9-10-11-12-13-14-15-16-22(24)27-20-19-26-18-17-21(23)25-2/h3-20H2,1-2H3. The molecule has 0 saturated carbocycles. The van der Waals surface area contributed by atoms with Crippen LogP contribution >= 0.6 is 0 Å². The Hall–Kier alpha value is -1.10. The summed E-state index contributed by atoms with van der Waals surface area (Å²) in [5, 5.41) is 0. The zero-order valence-electron chi connectivity index (χ0n) is 17.8. The number of rotatable bonds is 20. The van der Waals surface area contributed by atoms with Gasteiger partial charge in [-0.15, -0.1) is 0 Å². The Labute approximate surface area is 166 Å². The molecule has 0 rings (SSSR count). The fourth-order valence-corrected chi connectivity index (χ4v) is 2.93. The zero-order valence-corrected chi connectivity index (χ0v) is 17.8. The molecule has 0 aliphatic heterocycles. The van der Waals surface area contributed by atoms with Gasteiger partial charge in [0.2, 0.25) is 0 Å². The molecule has 0 N–H and O–H groups in total. The van der Waals surface area contributed by atoms with Crippen LogP contribution in [0.1, 0.15) is 103 Å². The van der Waals surface area contributed by atoms with Gasteiger partial charge in [-0.25, -0.2) is 0 Å². The van der Waals surface area contributed by atoms with E-state index >= 15 is 0 Å². The van der Waals surface area contributed by atoms with Crippen molar-refractivity contribution in [3.63, 3.8) is 0 Å². The van der Waals surface area contributed by atoms with Gasteiger partial charge in [0, 0.05) is 6.42 Å². The molecular formula is C22H42O5. The van der Waals surface area contributed by atoms with E-state index < -0.39 is 0 Å². The molecule has 0 aliphatic rings. The lowest BCUT2D eigenvalue weighted by molar-refractivity contribution is -0.147. The van der Waals surface area contributed by atoms with E-state index in [4.69, 9.17) is 9.47 Å². The van der Waals surface area contributed by atoms with Gasteiger partial charge in [-0.3, -0.25) is 9.59 Å². The molecule has 0 spiro atoms. The van der Waals surface area contributed by atoms with Gasteiger partial charge in [-0.1, -0.05) is 84.0 Å². The van der Waals surface area contributed by atoms with Crippen LogP contribution in [-0.4, -0.2) is 38.9 Å². The highest BCUT2D eigenvalue weighted by molar-refractivity contribution is 5.69. The maximum atomic E-state index is 11.6. The second kappa shape index (κ2) is 21.2. The van der Waals surface area contributed by atoms with Gasteiger partial charge in [0.05, 0.1) is 26.7 Å². The highest BCUT2D eigenvalue weighted by atomic mass is 16.6. The molecule has 0 saturated heterocycles. The van der Waals surface area contributed by atoms with Gasteiger partial charge in [0.1, 0.15) is 6.61 Å². The number of carbonyl (C=O) groups excluding carboxylic acids is 2. The van der Waals surface area contributed by atoms with E-state index in [2.05, 4.69) is 11.7 Å². The van der Waals surface area contributed by atoms with Gasteiger partial charge < -0.3 is 14.2 Å². The highest BCUT2D eigenvalue weighted by Gasteiger charge is 2.03. The lowest BCUT2D eigenvalue weighted by atomic mass is 10.0. The van der Waals surface area contributed by atoms with Crippen LogP contribution in [0.2, 0.25) is 0 Å². The van der Waals surface area contributed by atoms with Crippen LogP contribution in [0.15, 0.2) is 0 Å². The summed E-state index contributed by atoms with van der Waals surface area (Å²) in [7, 11) is 1.35. The molecule has 0 amide bonds. The average Bonchev–Trinajstić information content (AvgIpc) is 2.67. The van der Waals surface area contributed by atoms with E-state index in [1.54, 1.807) is 0 Å². The molecule has 27 heavy (non-hydrogen) atoms. The molecule has 0 radical (unpaired) electrons. The lowest BCUT2D eigenvalue weighted by Crippen LogP contribution is -2.12. The van der Waals surface area contributed by atoms with Crippen molar-refractivity contribution in [2.45, 2.75) is 103 Å². The van der Waals surface area contributed by atoms with E-state index in [-0.39, 0.29) is 25.0 Å². The molecule has 5 heteroatoms. The van der Waals surface area contributed by atoms with Gasteiger partial charge >= 0.3 is 11.9 Å². The topological polar surface area (TPSA) is 61.8 Å². The van der Waals surface area contributed by atoms with Crippen molar-refractivity contribution in [3.8, 4) is 0 Å². The number of carbonyl (C=O) groups is 2. The Bertz CT molecular complexity index is 344. The summed E-state index contributed by atoms with van der Waals surface area (Å²) in [4.78, 5) is 22.4. The minimum Gasteiger partial charge on any atom is -0.469 e. The first-order chi connectivity index (χ1) is 13.2. The van der Waals surface area contributed by atoms with Crippen LogP contribution in [0.5, 0.6) is 0 Å². The summed E-state index contributed by atoms with van der Waals surface area (Å²) in [5.41, 5.74) is 0. The van der Waals surface area contributed by atoms with Crippen molar-refractivity contribution in [2.24, 2.45) is 0 Å². The maximum absolute atomic E-state index is 11.6. The normalized spacial score (nSPS) is 10.7. The number of esters is 2. The lowest BCUT2D eigenvalue weighted by Gasteiger charge is -2.06. The van der Waals surface area contributed by atoms with Gasteiger partial charge in [0.15, 0.2) is 0 Å². The van der Waals surface area contributed by atoms with Crippen LogP contribution in [0, 0.1) is 0 Å². The summed E-state index contributed by atoms with van der Waals surface area (Å²) in [6, 6.07) is 0. The summed E-state index contributed by atoms with van der Waals surface area (Å²) < 4.78 is 14.8. The number of ether oxygens (including phenoxy) is 3. The second-order valence-corrected chi connectivity index (χ2v) is 7.15. The van der Waals surface area contributed by atoms with Gasteiger partial charge in [-0.05, 0) is 6.42 Å². The Balaban J connectivity index is 3.18. The Kier molecular flexibility index (Phi) is 20.3. The molecule has 0 aromatic rings. The molecule has 0 aliphatic carbocycles. The van der Waals surface area contributed by atoms with Crippen LogP contribution in [0.4, 0.5) is 0 Å². The van der Waals surface area contributed by atoms with E-state index in [0.29, 0.717) is 19.6 Å². The van der Waals surface area contributed by atoms with Crippen LogP contribution in [-0.2, 0) is 23.8 Å². The Morgan fingerprint density at radius 2 is 1.11 bits per heavy atom. The molecule has 0 aromatic carbocycles. The fraction of sp³-hybridized carbons (Fsp3) is 0.909. The summed E-state index contributed by atoms with van der Waals surface area (Å²) in [5.74, 6) is -0.455. The summed E-state index contributed by atoms with van der Waals surface area (Å²) >= 11 is 0. The monoisotopic (exact) mass is 386 g/mol. The second-order valence-electron chi connectivity index (χ2n) is 7.15. The molecule has 0 unspecified atom stereocenters. The van der Waals surface area contributed by atoms with Crippen LogP contribution < -0.4 is 0 Å². The number of methoxy groups -OCH3 is 1. The highest BCUT2D eigenvalue weighted by Crippen LogP contribution is 2.13. The average molecular weight is 387 g/mol. The van der Waals surface area contributed by atoms with Crippen molar-refractivity contribution in [1.29, 1.82) is 0 Å². The first-order valence-electron chi connectivity index (χ1n) is 11.0. The first kappa shape index (κ1) is 25.9. The first-order valence-corrected chi connectivity index (χ1v) is 11.0. The number of unbranched alkanes of at least 4 members (excludes halogenated alkanes) is 12. The van der Waals surface area contributed by atoms with E-state index in [9.17, 15) is 9.59 Å². The SMILES string of the molecule is CCCCCCCCCCCCCCCC(=O)OCCOCCC(=O)OC. The Morgan fingerprint density at radius 3 is 1.63 bits per heavy atom. The fourth-order valence-electron chi connectivity index (χ4n) is 2.93. The molecule has 160 valence electrons. The molecule has 0 fully saturated rings. The van der Waals surface area contributed by atoms with E-state index in [0.717, 1.165) is 12.8 Å². The quantitative estimate of drug-likeness (QED) is 0.202. The van der Waals surface area contributed by atoms with E-state index in [1.165, 1.54) is 77.7 Å². The number of hydrogen-bond acceptors (Lipinski definition) is 5. The van der Waals surface area contributed by atoms with Crippen molar-refractivity contribution >= 4 is 11.9 Å². The van der Waals surface area contributed by atoms with Gasteiger partial charge in [0.25, 0.3) is 0 Å². The molecule has 0 aromatic heterocycles. The molecule has 0 bridgehead atoms. The summed E-state index contributed by atoms with van der Waals surface area (Å²) in [6.07, 6.45) is 17.6. The molecule has 5 nitrogen and oxygen atoms in total. The number of hydrogen-bond donors (Lipinski definition) is 0. The third-order valence-electron chi connectivity index (χ3n) is 4.65. The molecule has 0 atom stereocenters. The van der Waals surface area contributed by atoms with Crippen molar-refractivity contribution < 1.29 is 23.8 Å². The third kappa shape index (κ3) is 21.1.